The van der Waals surface area contributed by atoms with Crippen LogP contribution in [0.1, 0.15) is 18.4 Å². The second-order valence-electron chi connectivity index (χ2n) is 5.54. The topological polar surface area (TPSA) is 90.4 Å². The summed E-state index contributed by atoms with van der Waals surface area (Å²) in [6.45, 7) is 1.20. The molecule has 2 N–H and O–H groups in total. The highest BCUT2D eigenvalue weighted by atomic mass is 32.2. The Hall–Kier alpha value is -1.62. The molecule has 1 aromatic rings. The molecule has 1 fully saturated rings. The van der Waals surface area contributed by atoms with Gasteiger partial charge in [-0.05, 0) is 45.1 Å². The molecule has 0 spiro atoms. The monoisotopic (exact) mass is 308 g/mol. The summed E-state index contributed by atoms with van der Waals surface area (Å²) in [5.41, 5.74) is 6.32. The number of rotatable bonds is 4. The maximum atomic E-state index is 12.8. The van der Waals surface area contributed by atoms with Gasteiger partial charge in [-0.25, -0.2) is 8.42 Å². The molecule has 1 atom stereocenters. The van der Waals surface area contributed by atoms with Gasteiger partial charge in [0.15, 0.2) is 0 Å². The van der Waals surface area contributed by atoms with E-state index in [2.05, 4.69) is 0 Å². The molecule has 1 aliphatic heterocycles. The number of benzene rings is 1. The average molecular weight is 308 g/mol. The van der Waals surface area contributed by atoms with Crippen LogP contribution in [-0.2, 0) is 10.0 Å². The van der Waals surface area contributed by atoms with Crippen LogP contribution in [0.4, 0.5) is 5.69 Å². The molecule has 2 rings (SSSR count). The lowest BCUT2D eigenvalue weighted by molar-refractivity contribution is 0.291. The molecule has 1 saturated heterocycles. The normalized spacial score (nSPS) is 19.8. The van der Waals surface area contributed by atoms with Gasteiger partial charge in [0.2, 0.25) is 10.0 Å². The van der Waals surface area contributed by atoms with E-state index in [1.54, 1.807) is 0 Å². The lowest BCUT2D eigenvalue weighted by Crippen LogP contribution is -2.41. The first kappa shape index (κ1) is 15.8. The van der Waals surface area contributed by atoms with Crippen LogP contribution in [0.2, 0.25) is 0 Å². The minimum atomic E-state index is -3.62. The van der Waals surface area contributed by atoms with Crippen molar-refractivity contribution in [3.8, 4) is 6.07 Å². The Bertz CT molecular complexity index is 664. The smallest absolute Gasteiger partial charge is 0.245 e. The minimum Gasteiger partial charge on any atom is -0.398 e. The predicted octanol–water partition coefficient (Wildman–Crippen LogP) is 0.855. The minimum absolute atomic E-state index is 0.0277. The van der Waals surface area contributed by atoms with E-state index in [0.717, 1.165) is 12.8 Å². The molecule has 21 heavy (non-hydrogen) atoms. The molecule has 1 unspecified atom stereocenters. The molecule has 114 valence electrons. The van der Waals surface area contributed by atoms with Crippen molar-refractivity contribution < 1.29 is 8.42 Å². The van der Waals surface area contributed by atoms with Gasteiger partial charge in [-0.1, -0.05) is 0 Å². The Morgan fingerprint density at radius 3 is 2.76 bits per heavy atom. The Balaban J connectivity index is 2.36. The molecule has 0 aromatic heterocycles. The lowest BCUT2D eigenvalue weighted by atomic mass is 10.2. The van der Waals surface area contributed by atoms with Crippen molar-refractivity contribution in [2.75, 3.05) is 32.9 Å². The van der Waals surface area contributed by atoms with Crippen LogP contribution in [0.15, 0.2) is 23.1 Å². The largest absolute Gasteiger partial charge is 0.398 e. The number of nitriles is 1. The number of hydrogen-bond acceptors (Lipinski definition) is 5. The third-order valence-corrected chi connectivity index (χ3v) is 5.65. The van der Waals surface area contributed by atoms with E-state index in [0.29, 0.717) is 18.7 Å². The van der Waals surface area contributed by atoms with Crippen LogP contribution in [0.5, 0.6) is 0 Å². The number of nitrogens with two attached hydrogens (primary N) is 1. The number of sulfonamides is 1. The molecule has 1 heterocycles. The van der Waals surface area contributed by atoms with E-state index in [9.17, 15) is 8.42 Å². The summed E-state index contributed by atoms with van der Waals surface area (Å²) in [6, 6.07) is 6.25. The first-order valence-electron chi connectivity index (χ1n) is 6.82. The number of hydrogen-bond donors (Lipinski definition) is 1. The van der Waals surface area contributed by atoms with Crippen molar-refractivity contribution in [1.29, 1.82) is 5.26 Å². The quantitative estimate of drug-likeness (QED) is 0.833. The van der Waals surface area contributed by atoms with E-state index in [4.69, 9.17) is 11.0 Å². The molecule has 6 nitrogen and oxygen atoms in total. The zero-order valence-electron chi connectivity index (χ0n) is 12.3. The fraction of sp³-hybridized carbons (Fsp3) is 0.500. The standard InChI is InChI=1S/C14H20N4O2S/c1-17(2)10-12-4-3-7-18(12)21(19,20)14-6-5-11(9-15)8-13(14)16/h5-6,8,12H,3-4,7,10,16H2,1-2H3. The van der Waals surface area contributed by atoms with Crippen molar-refractivity contribution in [2.45, 2.75) is 23.8 Å². The van der Waals surface area contributed by atoms with Crippen LogP contribution in [0, 0.1) is 11.3 Å². The summed E-state index contributed by atoms with van der Waals surface area (Å²) in [7, 11) is 0.243. The van der Waals surface area contributed by atoms with E-state index in [1.165, 1.54) is 22.5 Å². The van der Waals surface area contributed by atoms with Crippen LogP contribution in [0.3, 0.4) is 0 Å². The number of nitrogens with zero attached hydrogens (tertiary/aromatic N) is 3. The maximum absolute atomic E-state index is 12.8. The summed E-state index contributed by atoms with van der Waals surface area (Å²) >= 11 is 0. The van der Waals surface area contributed by atoms with E-state index < -0.39 is 10.0 Å². The molecule has 0 bridgehead atoms. The van der Waals surface area contributed by atoms with Gasteiger partial charge in [-0.3, -0.25) is 0 Å². The molecular formula is C14H20N4O2S. The Morgan fingerprint density at radius 1 is 1.48 bits per heavy atom. The Kier molecular flexibility index (Phi) is 4.52. The van der Waals surface area contributed by atoms with Crippen molar-refractivity contribution in [2.24, 2.45) is 0 Å². The summed E-state index contributed by atoms with van der Waals surface area (Å²) in [5.74, 6) is 0. The van der Waals surface area contributed by atoms with E-state index in [1.807, 2.05) is 25.1 Å². The highest BCUT2D eigenvalue weighted by Crippen LogP contribution is 2.29. The van der Waals surface area contributed by atoms with Crippen LogP contribution in [0.25, 0.3) is 0 Å². The SMILES string of the molecule is CN(C)CC1CCCN1S(=O)(=O)c1ccc(C#N)cc1N. The predicted molar refractivity (Wildman–Crippen MR) is 81.0 cm³/mol. The van der Waals surface area contributed by atoms with Gasteiger partial charge >= 0.3 is 0 Å². The van der Waals surface area contributed by atoms with Gasteiger partial charge in [0.25, 0.3) is 0 Å². The Morgan fingerprint density at radius 2 is 2.19 bits per heavy atom. The van der Waals surface area contributed by atoms with Gasteiger partial charge in [0.1, 0.15) is 4.90 Å². The second-order valence-corrected chi connectivity index (χ2v) is 7.40. The molecular weight excluding hydrogens is 288 g/mol. The van der Waals surface area contributed by atoms with Crippen molar-refractivity contribution >= 4 is 15.7 Å². The second kappa shape index (κ2) is 6.02. The summed E-state index contributed by atoms with van der Waals surface area (Å²) in [6.07, 6.45) is 1.71. The van der Waals surface area contributed by atoms with Gasteiger partial charge in [-0.2, -0.15) is 9.57 Å². The molecule has 0 saturated carbocycles. The molecule has 0 aliphatic carbocycles. The van der Waals surface area contributed by atoms with Crippen LogP contribution in [-0.4, -0.2) is 50.8 Å². The first-order chi connectivity index (χ1) is 9.86. The molecule has 0 radical (unpaired) electrons. The third-order valence-electron chi connectivity index (χ3n) is 3.62. The lowest BCUT2D eigenvalue weighted by Gasteiger charge is -2.26. The van der Waals surface area contributed by atoms with Gasteiger partial charge in [0, 0.05) is 19.1 Å². The first-order valence-corrected chi connectivity index (χ1v) is 8.26. The summed E-state index contributed by atoms with van der Waals surface area (Å²) < 4.78 is 27.1. The summed E-state index contributed by atoms with van der Waals surface area (Å²) in [4.78, 5) is 2.08. The fourth-order valence-electron chi connectivity index (χ4n) is 2.71. The number of nitrogen functional groups attached to an aromatic ring is 1. The summed E-state index contributed by atoms with van der Waals surface area (Å²) in [5, 5.41) is 8.84. The fourth-order valence-corrected chi connectivity index (χ4v) is 4.49. The van der Waals surface area contributed by atoms with Crippen LogP contribution < -0.4 is 5.73 Å². The third kappa shape index (κ3) is 3.18. The number of likely N-dealkylation sites (N-methyl/N-ethyl adjacent to an activating group) is 1. The molecule has 7 heteroatoms. The van der Waals surface area contributed by atoms with Crippen molar-refractivity contribution in [3.05, 3.63) is 23.8 Å². The molecule has 1 aromatic carbocycles. The van der Waals surface area contributed by atoms with E-state index in [-0.39, 0.29) is 16.6 Å². The zero-order valence-corrected chi connectivity index (χ0v) is 13.1. The average Bonchev–Trinajstić information content (AvgIpc) is 2.86. The zero-order chi connectivity index (χ0) is 15.6. The molecule has 1 aliphatic rings. The van der Waals surface area contributed by atoms with Crippen molar-refractivity contribution in [3.63, 3.8) is 0 Å². The van der Waals surface area contributed by atoms with E-state index >= 15 is 0 Å². The highest BCUT2D eigenvalue weighted by molar-refractivity contribution is 7.89. The van der Waals surface area contributed by atoms with Crippen LogP contribution >= 0.6 is 0 Å². The van der Waals surface area contributed by atoms with Gasteiger partial charge in [-0.15, -0.1) is 0 Å². The van der Waals surface area contributed by atoms with Gasteiger partial charge in [0.05, 0.1) is 17.3 Å². The van der Waals surface area contributed by atoms with Gasteiger partial charge < -0.3 is 10.6 Å². The highest BCUT2D eigenvalue weighted by Gasteiger charge is 2.36. The number of anilines is 1. The molecule has 0 amide bonds. The Labute approximate surface area is 125 Å². The maximum Gasteiger partial charge on any atom is 0.245 e. The van der Waals surface area contributed by atoms with Crippen molar-refractivity contribution in [1.82, 2.24) is 9.21 Å².